The molecule has 4 rings (SSSR count). The number of rotatable bonds is 5. The molecular formula is C21H24N2O3S. The number of aromatic nitrogens is 2. The summed E-state index contributed by atoms with van der Waals surface area (Å²) >= 11 is 1.22. The number of benzene rings is 1. The van der Waals surface area contributed by atoms with Crippen LogP contribution in [0, 0.1) is 5.92 Å². The predicted octanol–water partition coefficient (Wildman–Crippen LogP) is 3.92. The fourth-order valence-electron chi connectivity index (χ4n) is 4.44. The number of ether oxygens (including phenoxy) is 1. The van der Waals surface area contributed by atoms with E-state index >= 15 is 0 Å². The van der Waals surface area contributed by atoms with E-state index in [0.29, 0.717) is 17.7 Å². The Kier molecular flexibility index (Phi) is 5.34. The number of fused-ring (bicyclic) bond motifs is 3. The molecule has 142 valence electrons. The number of esters is 1. The Morgan fingerprint density at radius 2 is 2.07 bits per heavy atom. The zero-order valence-corrected chi connectivity index (χ0v) is 16.3. The smallest absolute Gasteiger partial charge is 0.316 e. The third-order valence-corrected chi connectivity index (χ3v) is 6.46. The Morgan fingerprint density at radius 3 is 2.85 bits per heavy atom. The fourth-order valence-corrected chi connectivity index (χ4v) is 5.10. The Bertz CT molecular complexity index is 903. The van der Waals surface area contributed by atoms with Crippen LogP contribution in [-0.4, -0.2) is 28.3 Å². The van der Waals surface area contributed by atoms with Crippen molar-refractivity contribution in [2.45, 2.75) is 50.1 Å². The standard InChI is InChI=1S/C21H24N2O3S/c1-2-26-17(24)12-27-21-22-19-15-10-6-5-9-14(15)11-16(13-7-3-4-8-13)18(19)20(25)23-21/h5-6,9-10,13,16H,2-4,7-8,11-12H2,1H3,(H,22,23,25)/t16-/m0/s1. The first-order chi connectivity index (χ1) is 13.2. The summed E-state index contributed by atoms with van der Waals surface area (Å²) in [5.41, 5.74) is 3.88. The number of nitrogens with one attached hydrogen (secondary N) is 1. The van der Waals surface area contributed by atoms with E-state index < -0.39 is 0 Å². The van der Waals surface area contributed by atoms with Crippen LogP contribution in [0.5, 0.6) is 0 Å². The zero-order valence-electron chi connectivity index (χ0n) is 15.5. The number of carbonyl (C=O) groups excluding carboxylic acids is 1. The van der Waals surface area contributed by atoms with Crippen LogP contribution in [0.15, 0.2) is 34.2 Å². The van der Waals surface area contributed by atoms with Gasteiger partial charge >= 0.3 is 5.97 Å². The Balaban J connectivity index is 1.73. The molecule has 0 aliphatic heterocycles. The number of thioether (sulfide) groups is 1. The highest BCUT2D eigenvalue weighted by molar-refractivity contribution is 7.99. The Labute approximate surface area is 162 Å². The van der Waals surface area contributed by atoms with Crippen LogP contribution in [0.2, 0.25) is 0 Å². The van der Waals surface area contributed by atoms with E-state index in [-0.39, 0.29) is 23.2 Å². The van der Waals surface area contributed by atoms with E-state index in [9.17, 15) is 9.59 Å². The van der Waals surface area contributed by atoms with Crippen molar-refractivity contribution in [1.29, 1.82) is 0 Å². The molecule has 0 bridgehead atoms. The first kappa shape index (κ1) is 18.3. The maximum Gasteiger partial charge on any atom is 0.316 e. The molecule has 2 aliphatic carbocycles. The number of hydrogen-bond acceptors (Lipinski definition) is 5. The summed E-state index contributed by atoms with van der Waals surface area (Å²) < 4.78 is 4.97. The molecule has 1 aromatic heterocycles. The first-order valence-electron chi connectivity index (χ1n) is 9.68. The van der Waals surface area contributed by atoms with Crippen LogP contribution in [0.3, 0.4) is 0 Å². The molecule has 0 spiro atoms. The van der Waals surface area contributed by atoms with Crippen LogP contribution in [0.25, 0.3) is 11.3 Å². The van der Waals surface area contributed by atoms with Gasteiger partial charge in [0.2, 0.25) is 0 Å². The SMILES string of the molecule is CCOC(=O)CSc1nc2c(c(=O)[nH]1)[C@H](C1CCCC1)Cc1ccccc1-2. The Morgan fingerprint density at radius 1 is 1.30 bits per heavy atom. The molecule has 0 unspecified atom stereocenters. The average Bonchev–Trinajstić information content (AvgIpc) is 3.20. The summed E-state index contributed by atoms with van der Waals surface area (Å²) in [5, 5.41) is 0.480. The molecule has 1 heterocycles. The minimum Gasteiger partial charge on any atom is -0.465 e. The molecule has 1 atom stereocenters. The van der Waals surface area contributed by atoms with Crippen LogP contribution < -0.4 is 5.56 Å². The molecule has 1 saturated carbocycles. The monoisotopic (exact) mass is 384 g/mol. The number of hydrogen-bond donors (Lipinski definition) is 1. The minimum atomic E-state index is -0.299. The fraction of sp³-hybridized carbons (Fsp3) is 0.476. The maximum atomic E-state index is 13.0. The highest BCUT2D eigenvalue weighted by atomic mass is 32.2. The van der Waals surface area contributed by atoms with Crippen molar-refractivity contribution in [3.63, 3.8) is 0 Å². The van der Waals surface area contributed by atoms with Crippen molar-refractivity contribution >= 4 is 17.7 Å². The third-order valence-electron chi connectivity index (χ3n) is 5.62. The second-order valence-electron chi connectivity index (χ2n) is 7.24. The largest absolute Gasteiger partial charge is 0.465 e. The van der Waals surface area contributed by atoms with Crippen LogP contribution >= 0.6 is 11.8 Å². The molecule has 0 amide bonds. The van der Waals surface area contributed by atoms with E-state index in [1.165, 1.54) is 43.0 Å². The molecular weight excluding hydrogens is 360 g/mol. The lowest BCUT2D eigenvalue weighted by atomic mass is 9.74. The van der Waals surface area contributed by atoms with Crippen LogP contribution in [0.1, 0.15) is 49.7 Å². The highest BCUT2D eigenvalue weighted by Crippen LogP contribution is 2.45. The lowest BCUT2D eigenvalue weighted by Crippen LogP contribution is -2.28. The summed E-state index contributed by atoms with van der Waals surface area (Å²) in [4.78, 5) is 32.3. The van der Waals surface area contributed by atoms with Gasteiger partial charge in [-0.05, 0) is 43.6 Å². The molecule has 1 aromatic carbocycles. The van der Waals surface area contributed by atoms with Gasteiger partial charge < -0.3 is 9.72 Å². The van der Waals surface area contributed by atoms with E-state index in [1.807, 2.05) is 12.1 Å². The van der Waals surface area contributed by atoms with Gasteiger partial charge in [0.25, 0.3) is 5.56 Å². The summed E-state index contributed by atoms with van der Waals surface area (Å²) in [6.45, 7) is 2.13. The second kappa shape index (κ2) is 7.89. The van der Waals surface area contributed by atoms with Crippen molar-refractivity contribution < 1.29 is 9.53 Å². The molecule has 1 N–H and O–H groups in total. The molecule has 0 saturated heterocycles. The topological polar surface area (TPSA) is 72.0 Å². The molecule has 1 fully saturated rings. The molecule has 2 aromatic rings. The molecule has 5 nitrogen and oxygen atoms in total. The quantitative estimate of drug-likeness (QED) is 0.480. The highest BCUT2D eigenvalue weighted by Gasteiger charge is 2.35. The van der Waals surface area contributed by atoms with Gasteiger partial charge in [0, 0.05) is 11.1 Å². The lowest BCUT2D eigenvalue weighted by molar-refractivity contribution is -0.139. The second-order valence-corrected chi connectivity index (χ2v) is 8.20. The first-order valence-corrected chi connectivity index (χ1v) is 10.7. The van der Waals surface area contributed by atoms with Crippen LogP contribution in [0.4, 0.5) is 0 Å². The lowest BCUT2D eigenvalue weighted by Gasteiger charge is -2.30. The normalized spacial score (nSPS) is 18.8. The average molecular weight is 385 g/mol. The molecule has 6 heteroatoms. The number of nitrogens with zero attached hydrogens (tertiary/aromatic N) is 1. The summed E-state index contributed by atoms with van der Waals surface area (Å²) in [6.07, 6.45) is 5.78. The number of carbonyl (C=O) groups is 1. The number of H-pyrrole nitrogens is 1. The van der Waals surface area contributed by atoms with Crippen molar-refractivity contribution in [3.8, 4) is 11.3 Å². The van der Waals surface area contributed by atoms with E-state index in [4.69, 9.17) is 9.72 Å². The predicted molar refractivity (Wildman–Crippen MR) is 106 cm³/mol. The summed E-state index contributed by atoms with van der Waals surface area (Å²) in [5.74, 6) is 0.631. The van der Waals surface area contributed by atoms with Gasteiger partial charge in [-0.25, -0.2) is 4.98 Å². The van der Waals surface area contributed by atoms with Gasteiger partial charge in [0.05, 0.1) is 18.1 Å². The van der Waals surface area contributed by atoms with Crippen LogP contribution in [-0.2, 0) is 16.0 Å². The van der Waals surface area contributed by atoms with Gasteiger partial charge in [-0.15, -0.1) is 0 Å². The van der Waals surface area contributed by atoms with E-state index in [2.05, 4.69) is 17.1 Å². The minimum absolute atomic E-state index is 0.0576. The van der Waals surface area contributed by atoms with Gasteiger partial charge in [0.1, 0.15) is 0 Å². The van der Waals surface area contributed by atoms with Gasteiger partial charge in [-0.3, -0.25) is 9.59 Å². The third kappa shape index (κ3) is 3.68. The van der Waals surface area contributed by atoms with Crippen molar-refractivity contribution in [1.82, 2.24) is 9.97 Å². The zero-order chi connectivity index (χ0) is 18.8. The number of aromatic amines is 1. The molecule has 27 heavy (non-hydrogen) atoms. The van der Waals surface area contributed by atoms with Gasteiger partial charge in [-0.1, -0.05) is 48.9 Å². The van der Waals surface area contributed by atoms with Gasteiger partial charge in [0.15, 0.2) is 5.16 Å². The van der Waals surface area contributed by atoms with E-state index in [1.54, 1.807) is 6.92 Å². The maximum absolute atomic E-state index is 13.0. The van der Waals surface area contributed by atoms with Crippen molar-refractivity contribution in [2.75, 3.05) is 12.4 Å². The summed E-state index contributed by atoms with van der Waals surface area (Å²) in [7, 11) is 0. The summed E-state index contributed by atoms with van der Waals surface area (Å²) in [6, 6.07) is 8.24. The van der Waals surface area contributed by atoms with Crippen molar-refractivity contribution in [2.24, 2.45) is 5.92 Å². The molecule has 2 aliphatic rings. The van der Waals surface area contributed by atoms with Crippen molar-refractivity contribution in [3.05, 3.63) is 45.7 Å². The van der Waals surface area contributed by atoms with Gasteiger partial charge in [-0.2, -0.15) is 0 Å². The molecule has 0 radical (unpaired) electrons. The Hall–Kier alpha value is -2.08. The van der Waals surface area contributed by atoms with E-state index in [0.717, 1.165) is 23.2 Å².